The van der Waals surface area contributed by atoms with E-state index in [1.807, 2.05) is 0 Å². The molecule has 0 aliphatic rings. The Bertz CT molecular complexity index is 659. The first-order chi connectivity index (χ1) is 13.3. The van der Waals surface area contributed by atoms with E-state index in [0.29, 0.717) is 0 Å². The Morgan fingerprint density at radius 3 is 2.00 bits per heavy atom. The predicted molar refractivity (Wildman–Crippen MR) is 91.6 cm³/mol. The molecule has 0 aliphatic heterocycles. The second kappa shape index (κ2) is 10.8. The third kappa shape index (κ3) is 7.30. The van der Waals surface area contributed by atoms with Crippen LogP contribution < -0.4 is 5.30 Å². The van der Waals surface area contributed by atoms with E-state index >= 15 is 0 Å². The third-order valence-electron chi connectivity index (χ3n) is 4.23. The molecule has 0 saturated carbocycles. The number of benzene rings is 1. The van der Waals surface area contributed by atoms with E-state index in [1.54, 1.807) is 0 Å². The van der Waals surface area contributed by atoms with Gasteiger partial charge in [-0.25, -0.2) is 22.0 Å². The van der Waals surface area contributed by atoms with Gasteiger partial charge < -0.3 is 0 Å². The van der Waals surface area contributed by atoms with E-state index in [2.05, 4.69) is 0 Å². The Labute approximate surface area is 163 Å². The van der Waals surface area contributed by atoms with Gasteiger partial charge in [-0.05, 0) is 25.1 Å². The Morgan fingerprint density at radius 1 is 0.862 bits per heavy atom. The summed E-state index contributed by atoms with van der Waals surface area (Å²) in [5.74, 6) is -8.20. The number of hydrogen-bond donors (Lipinski definition) is 0. The summed E-state index contributed by atoms with van der Waals surface area (Å²) < 4.78 is 134. The van der Waals surface area contributed by atoms with Gasteiger partial charge in [0.2, 0.25) is 0 Å². The van der Waals surface area contributed by atoms with Crippen molar-refractivity contribution in [3.63, 3.8) is 0 Å². The van der Waals surface area contributed by atoms with Crippen molar-refractivity contribution in [3.05, 3.63) is 29.3 Å². The smallest absolute Gasteiger partial charge is 0.240 e. The second-order valence-corrected chi connectivity index (χ2v) is 8.98. The van der Waals surface area contributed by atoms with E-state index in [4.69, 9.17) is 0 Å². The van der Waals surface area contributed by atoms with Gasteiger partial charge >= 0.3 is 6.18 Å². The molecule has 0 N–H and O–H groups in total. The molecule has 0 aliphatic carbocycles. The summed E-state index contributed by atoms with van der Waals surface area (Å²) in [6.07, 6.45) is -9.41. The Hall–Kier alpha value is -1.05. The molecule has 11 heteroatoms. The van der Waals surface area contributed by atoms with Crippen molar-refractivity contribution in [2.45, 2.75) is 69.9 Å². The first-order valence-electron chi connectivity index (χ1n) is 9.02. The second-order valence-electron chi connectivity index (χ2n) is 6.59. The third-order valence-corrected chi connectivity index (χ3v) is 7.03. The Morgan fingerprint density at radius 2 is 1.45 bits per heavy atom. The quantitative estimate of drug-likeness (QED) is 0.105. The van der Waals surface area contributed by atoms with Crippen LogP contribution in [0.4, 0.5) is 43.9 Å². The maximum atomic E-state index is 14.6. The van der Waals surface area contributed by atoms with E-state index in [9.17, 15) is 43.9 Å². The minimum Gasteiger partial charge on any atom is -0.240 e. The van der Waals surface area contributed by atoms with Gasteiger partial charge in [0.25, 0.3) is 5.66 Å². The van der Waals surface area contributed by atoms with Gasteiger partial charge in [-0.2, -0.15) is 22.0 Å². The summed E-state index contributed by atoms with van der Waals surface area (Å²) in [5, 5.41) is -1.09. The van der Waals surface area contributed by atoms with E-state index in [-0.39, 0.29) is 38.2 Å². The fourth-order valence-corrected chi connectivity index (χ4v) is 5.13. The predicted octanol–water partition coefficient (Wildman–Crippen LogP) is 7.59. The minimum absolute atomic E-state index is 0.0332. The average Bonchev–Trinajstić information content (AvgIpc) is 2.62. The van der Waals surface area contributed by atoms with E-state index < -0.39 is 73.5 Å². The van der Waals surface area contributed by atoms with Gasteiger partial charge in [0.1, 0.15) is 0 Å². The molecule has 1 aromatic rings. The SMILES string of the molecule is CCCP(c1cc(F)c(F)c(F)c1F)C(F)(F)C(F)CCCCCCC(F)(F)F. The zero-order valence-corrected chi connectivity index (χ0v) is 16.4. The van der Waals surface area contributed by atoms with Crippen molar-refractivity contribution in [1.29, 1.82) is 0 Å². The summed E-state index contributed by atoms with van der Waals surface area (Å²) in [6.45, 7) is 1.44. The summed E-state index contributed by atoms with van der Waals surface area (Å²) in [5.41, 5.74) is -4.14. The molecule has 0 radical (unpaired) electrons. The largest absolute Gasteiger partial charge is 0.389 e. The molecule has 1 aromatic carbocycles. The summed E-state index contributed by atoms with van der Waals surface area (Å²) in [6, 6.07) is 0.132. The number of hydrogen-bond acceptors (Lipinski definition) is 0. The van der Waals surface area contributed by atoms with E-state index in [0.717, 1.165) is 0 Å². The van der Waals surface area contributed by atoms with Crippen LogP contribution in [0, 0.1) is 23.3 Å². The van der Waals surface area contributed by atoms with Crippen LogP contribution in [0.25, 0.3) is 0 Å². The van der Waals surface area contributed by atoms with Crippen LogP contribution in [0.5, 0.6) is 0 Å². The van der Waals surface area contributed by atoms with Crippen LogP contribution in [0.1, 0.15) is 51.9 Å². The highest BCUT2D eigenvalue weighted by molar-refractivity contribution is 7.66. The molecular weight excluding hydrogens is 437 g/mol. The molecule has 0 aromatic heterocycles. The topological polar surface area (TPSA) is 0 Å². The van der Waals surface area contributed by atoms with Crippen LogP contribution in [0.3, 0.4) is 0 Å². The highest BCUT2D eigenvalue weighted by atomic mass is 31.1. The summed E-state index contributed by atoms with van der Waals surface area (Å²) >= 11 is 0. The molecule has 0 saturated heterocycles. The van der Waals surface area contributed by atoms with Gasteiger partial charge in [0.05, 0.1) is 0 Å². The summed E-state index contributed by atoms with van der Waals surface area (Å²) in [4.78, 5) is 0. The molecule has 0 spiro atoms. The zero-order chi connectivity index (χ0) is 22.4. The van der Waals surface area contributed by atoms with Crippen LogP contribution in [0.2, 0.25) is 0 Å². The van der Waals surface area contributed by atoms with Crippen molar-refractivity contribution in [3.8, 4) is 0 Å². The fourth-order valence-electron chi connectivity index (χ4n) is 2.76. The molecule has 0 bridgehead atoms. The normalized spacial score (nSPS) is 14.9. The lowest BCUT2D eigenvalue weighted by Crippen LogP contribution is -2.34. The molecule has 2 atom stereocenters. The monoisotopic (exact) mass is 458 g/mol. The molecule has 0 fully saturated rings. The first-order valence-corrected chi connectivity index (χ1v) is 10.5. The molecule has 2 unspecified atom stereocenters. The zero-order valence-electron chi connectivity index (χ0n) is 15.5. The maximum absolute atomic E-state index is 14.6. The lowest BCUT2D eigenvalue weighted by atomic mass is 10.1. The lowest BCUT2D eigenvalue weighted by molar-refractivity contribution is -0.135. The van der Waals surface area contributed by atoms with Crippen molar-refractivity contribution < 1.29 is 43.9 Å². The molecular formula is C18H21F10P. The van der Waals surface area contributed by atoms with Crippen LogP contribution >= 0.6 is 7.92 Å². The first kappa shape index (κ1) is 26.0. The molecule has 168 valence electrons. The van der Waals surface area contributed by atoms with Crippen molar-refractivity contribution in [2.75, 3.05) is 6.16 Å². The number of unbranched alkanes of at least 4 members (excludes halogenated alkanes) is 3. The summed E-state index contributed by atoms with van der Waals surface area (Å²) in [7, 11) is -3.03. The van der Waals surface area contributed by atoms with Crippen LogP contribution in [0.15, 0.2) is 6.07 Å². The van der Waals surface area contributed by atoms with Crippen molar-refractivity contribution in [2.24, 2.45) is 0 Å². The van der Waals surface area contributed by atoms with E-state index in [1.165, 1.54) is 6.92 Å². The fraction of sp³-hybridized carbons (Fsp3) is 0.667. The number of rotatable bonds is 11. The van der Waals surface area contributed by atoms with Gasteiger partial charge in [-0.1, -0.05) is 32.6 Å². The minimum atomic E-state index is -4.32. The number of halogens is 10. The standard InChI is InChI=1S/C18H21F10P/c1-2-9-29(12-10-11(19)14(21)16(23)15(12)22)18(27,28)13(20)7-5-3-4-6-8-17(24,25)26/h10,13H,2-9H2,1H3. The van der Waals surface area contributed by atoms with Crippen LogP contribution in [-0.4, -0.2) is 24.2 Å². The maximum Gasteiger partial charge on any atom is 0.389 e. The molecule has 0 amide bonds. The molecule has 0 nitrogen and oxygen atoms in total. The molecule has 1 rings (SSSR count). The molecule has 29 heavy (non-hydrogen) atoms. The van der Waals surface area contributed by atoms with Crippen molar-refractivity contribution >= 4 is 13.2 Å². The Balaban J connectivity index is 2.85. The van der Waals surface area contributed by atoms with Gasteiger partial charge in [0.15, 0.2) is 29.4 Å². The molecule has 0 heterocycles. The van der Waals surface area contributed by atoms with Crippen LogP contribution in [-0.2, 0) is 0 Å². The highest BCUT2D eigenvalue weighted by Gasteiger charge is 2.49. The van der Waals surface area contributed by atoms with Crippen molar-refractivity contribution in [1.82, 2.24) is 0 Å². The van der Waals surface area contributed by atoms with Gasteiger partial charge in [-0.15, -0.1) is 0 Å². The average molecular weight is 458 g/mol. The Kier molecular flexibility index (Phi) is 9.70. The highest BCUT2D eigenvalue weighted by Crippen LogP contribution is 2.55. The number of alkyl halides is 6. The van der Waals surface area contributed by atoms with Gasteiger partial charge in [0, 0.05) is 19.6 Å². The van der Waals surface area contributed by atoms with Gasteiger partial charge in [-0.3, -0.25) is 0 Å². The lowest BCUT2D eigenvalue weighted by Gasteiger charge is -2.30.